The molecule has 8 rings (SSSR count). The van der Waals surface area contributed by atoms with Crippen molar-refractivity contribution in [2.24, 2.45) is 0 Å². The van der Waals surface area contributed by atoms with E-state index in [1.807, 2.05) is 109 Å². The fraction of sp³-hybridized carbons (Fsp3) is 0. The number of nitrogens with zero attached hydrogens (tertiary/aromatic N) is 4. The molecule has 0 bridgehead atoms. The zero-order chi connectivity index (χ0) is 33.9. The number of aromatic nitrogens is 4. The van der Waals surface area contributed by atoms with E-state index >= 15 is 0 Å². The van der Waals surface area contributed by atoms with Crippen LogP contribution in [0.15, 0.2) is 133 Å². The first-order valence-corrected chi connectivity index (χ1v) is 16.3. The van der Waals surface area contributed by atoms with Crippen LogP contribution in [0.1, 0.15) is 0 Å². The molecule has 0 aliphatic rings. The van der Waals surface area contributed by atoms with Crippen LogP contribution in [0.25, 0.3) is 32.7 Å². The van der Waals surface area contributed by atoms with E-state index in [0.717, 1.165) is 44.0 Å². The first-order valence-electron chi connectivity index (χ1n) is 15.5. The third kappa shape index (κ3) is 9.22. The van der Waals surface area contributed by atoms with Crippen LogP contribution in [0.4, 0.5) is 23.3 Å². The zero-order valence-corrected chi connectivity index (χ0v) is 33.6. The number of anilines is 4. The van der Waals surface area contributed by atoms with E-state index in [2.05, 4.69) is 42.7 Å². The number of benzene rings is 6. The summed E-state index contributed by atoms with van der Waals surface area (Å²) in [5.74, 6) is 2.54. The maximum Gasteiger partial charge on any atom is 1.00 e. The van der Waals surface area contributed by atoms with Gasteiger partial charge in [0.05, 0.1) is 0 Å². The molecule has 0 aliphatic heterocycles. The maximum atomic E-state index is 6.30. The number of fused-ring (bicyclic) bond motifs is 2. The molecule has 0 atom stereocenters. The standard InChI is InChI=1S/C40H24Cl2N6O2.2Na/c41-35-23-37(49-33-19-13-25-5-1-3-7-29(25)21-33)47-39(45-35)43-31-15-9-27(10-16-31)28-11-17-32(18-12-28)44-40-46-36(42)24-38(48-40)50-34-20-14-26-6-2-4-8-30(26)22-34;;/h1-9,11,13-24H,(H,43,45,47)(H,44,46,48);;/q-2;2*+1. The summed E-state index contributed by atoms with van der Waals surface area (Å²) in [7, 11) is 0. The Bertz CT molecular complexity index is 2310. The molecule has 2 N–H and O–H groups in total. The molecule has 0 fully saturated rings. The Hall–Kier alpha value is -4.22. The number of halogens is 2. The van der Waals surface area contributed by atoms with E-state index in [1.165, 1.54) is 0 Å². The van der Waals surface area contributed by atoms with Crippen molar-refractivity contribution >= 4 is 68.0 Å². The third-order valence-corrected chi connectivity index (χ3v) is 8.04. The van der Waals surface area contributed by atoms with E-state index in [-0.39, 0.29) is 69.4 Å². The second-order valence-electron chi connectivity index (χ2n) is 11.2. The summed E-state index contributed by atoms with van der Waals surface area (Å²) in [5, 5.41) is 11.2. The molecule has 0 saturated heterocycles. The molecule has 8 nitrogen and oxygen atoms in total. The Balaban J connectivity index is 0.00000232. The van der Waals surface area contributed by atoms with Gasteiger partial charge in [-0.25, -0.2) is 21.1 Å². The molecule has 242 valence electrons. The Morgan fingerprint density at radius 1 is 0.462 bits per heavy atom. The normalized spacial score (nSPS) is 10.6. The molecule has 6 aromatic carbocycles. The van der Waals surface area contributed by atoms with Gasteiger partial charge in [0, 0.05) is 12.1 Å². The van der Waals surface area contributed by atoms with Gasteiger partial charge in [-0.1, -0.05) is 83.9 Å². The van der Waals surface area contributed by atoms with E-state index in [9.17, 15) is 0 Å². The minimum Gasteiger partial charge on any atom is -0.439 e. The molecule has 2 aromatic heterocycles. The van der Waals surface area contributed by atoms with Crippen LogP contribution in [0.5, 0.6) is 23.3 Å². The minimum atomic E-state index is 0. The van der Waals surface area contributed by atoms with Crippen LogP contribution in [0, 0.1) is 12.1 Å². The molecule has 0 saturated carbocycles. The van der Waals surface area contributed by atoms with Gasteiger partial charge in [0.1, 0.15) is 21.8 Å². The summed E-state index contributed by atoms with van der Waals surface area (Å²) >= 11 is 12.6. The Morgan fingerprint density at radius 3 is 1.29 bits per heavy atom. The number of ether oxygens (including phenoxy) is 2. The average Bonchev–Trinajstić information content (AvgIpc) is 3.12. The van der Waals surface area contributed by atoms with Gasteiger partial charge in [0.25, 0.3) is 0 Å². The smallest absolute Gasteiger partial charge is 0.439 e. The average molecular weight is 738 g/mol. The molecule has 0 spiro atoms. The summed E-state index contributed by atoms with van der Waals surface area (Å²) in [6, 6.07) is 48.8. The summed E-state index contributed by atoms with van der Waals surface area (Å²) < 4.78 is 12.0. The van der Waals surface area contributed by atoms with Gasteiger partial charge in [0.2, 0.25) is 23.7 Å². The SMILES string of the molecule is Clc1cc(Oc2ccc3ccccc3c2)nc(Nc2c[c-]c(-c3[c-]cc(Nc4nc(Cl)cc(Oc5ccc6ccccc6c5)n4)cc3)cc2)n1.[Na+].[Na+]. The second kappa shape index (κ2) is 17.1. The summed E-state index contributed by atoms with van der Waals surface area (Å²) in [4.78, 5) is 17.6. The molecule has 0 aliphatic carbocycles. The van der Waals surface area contributed by atoms with Crippen molar-refractivity contribution in [1.82, 2.24) is 19.9 Å². The molecule has 8 aromatic rings. The molecule has 0 amide bonds. The van der Waals surface area contributed by atoms with Crippen LogP contribution >= 0.6 is 23.2 Å². The fourth-order valence-corrected chi connectivity index (χ4v) is 5.66. The molecule has 0 radical (unpaired) electrons. The van der Waals surface area contributed by atoms with Gasteiger partial charge in [-0.2, -0.15) is 34.2 Å². The van der Waals surface area contributed by atoms with Crippen LogP contribution in [0.2, 0.25) is 10.3 Å². The summed E-state index contributed by atoms with van der Waals surface area (Å²) in [6.07, 6.45) is 0. The topological polar surface area (TPSA) is 94.1 Å². The molecule has 2 heterocycles. The van der Waals surface area contributed by atoms with Crippen molar-refractivity contribution in [2.75, 3.05) is 10.6 Å². The fourth-order valence-electron chi connectivity index (χ4n) is 5.31. The van der Waals surface area contributed by atoms with Crippen molar-refractivity contribution in [3.05, 3.63) is 156 Å². The van der Waals surface area contributed by atoms with Crippen molar-refractivity contribution in [3.8, 4) is 34.4 Å². The predicted octanol–water partition coefficient (Wildman–Crippen LogP) is 5.23. The number of nitrogens with one attached hydrogen (secondary N) is 2. The van der Waals surface area contributed by atoms with Crippen molar-refractivity contribution < 1.29 is 68.6 Å². The summed E-state index contributed by atoms with van der Waals surface area (Å²) in [6.45, 7) is 0. The van der Waals surface area contributed by atoms with E-state index < -0.39 is 0 Å². The maximum absolute atomic E-state index is 6.30. The number of rotatable bonds is 9. The Morgan fingerprint density at radius 2 is 0.885 bits per heavy atom. The number of hydrogen-bond acceptors (Lipinski definition) is 8. The van der Waals surface area contributed by atoms with Gasteiger partial charge < -0.3 is 20.1 Å². The molecular formula is C40H24Cl2N6Na2O2. The Kier molecular flexibility index (Phi) is 12.3. The van der Waals surface area contributed by atoms with Crippen LogP contribution in [-0.2, 0) is 0 Å². The first-order chi connectivity index (χ1) is 24.5. The monoisotopic (exact) mass is 736 g/mol. The zero-order valence-electron chi connectivity index (χ0n) is 28.1. The predicted molar refractivity (Wildman–Crippen MR) is 198 cm³/mol. The first kappa shape index (κ1) is 37.5. The van der Waals surface area contributed by atoms with E-state index in [4.69, 9.17) is 32.7 Å². The Labute approximate surface area is 354 Å². The van der Waals surface area contributed by atoms with Gasteiger partial charge in [-0.05, 0) is 57.2 Å². The van der Waals surface area contributed by atoms with E-state index in [1.54, 1.807) is 24.3 Å². The quantitative estimate of drug-likeness (QED) is 0.118. The molecule has 52 heavy (non-hydrogen) atoms. The second-order valence-corrected chi connectivity index (χ2v) is 11.9. The van der Waals surface area contributed by atoms with Gasteiger partial charge >= 0.3 is 59.1 Å². The molecule has 0 unspecified atom stereocenters. The van der Waals surface area contributed by atoms with Gasteiger partial charge in [-0.3, -0.25) is 0 Å². The van der Waals surface area contributed by atoms with Crippen LogP contribution in [0.3, 0.4) is 0 Å². The number of hydrogen-bond donors (Lipinski definition) is 2. The van der Waals surface area contributed by atoms with Crippen molar-refractivity contribution in [3.63, 3.8) is 0 Å². The van der Waals surface area contributed by atoms with Crippen LogP contribution in [-0.4, -0.2) is 19.9 Å². The van der Waals surface area contributed by atoms with Crippen molar-refractivity contribution in [1.29, 1.82) is 0 Å². The van der Waals surface area contributed by atoms with Gasteiger partial charge in [0.15, 0.2) is 0 Å². The minimum absolute atomic E-state index is 0. The molecular weight excluding hydrogens is 713 g/mol. The van der Waals surface area contributed by atoms with E-state index in [0.29, 0.717) is 35.2 Å². The largest absolute Gasteiger partial charge is 1.00 e. The van der Waals surface area contributed by atoms with Crippen molar-refractivity contribution in [2.45, 2.75) is 0 Å². The third-order valence-electron chi connectivity index (χ3n) is 7.66. The van der Waals surface area contributed by atoms with Crippen LogP contribution < -0.4 is 79.2 Å². The summed E-state index contributed by atoms with van der Waals surface area (Å²) in [5.41, 5.74) is 3.15. The van der Waals surface area contributed by atoms with Gasteiger partial charge in [-0.15, -0.1) is 24.3 Å². The molecule has 12 heteroatoms.